The maximum absolute atomic E-state index is 6.18. The summed E-state index contributed by atoms with van der Waals surface area (Å²) in [5.41, 5.74) is 1.72. The van der Waals surface area contributed by atoms with Crippen LogP contribution in [0, 0.1) is 6.92 Å². The first-order valence-electron chi connectivity index (χ1n) is 6.59. The van der Waals surface area contributed by atoms with E-state index in [-0.39, 0.29) is 0 Å². The molecule has 1 aliphatic carbocycles. The third-order valence-electron chi connectivity index (χ3n) is 3.44. The van der Waals surface area contributed by atoms with Gasteiger partial charge < -0.3 is 10.6 Å². The zero-order valence-corrected chi connectivity index (χ0v) is 13.3. The summed E-state index contributed by atoms with van der Waals surface area (Å²) in [6, 6.07) is 4.14. The van der Waals surface area contributed by atoms with Crippen molar-refractivity contribution in [1.82, 2.24) is 5.32 Å². The van der Waals surface area contributed by atoms with Crippen LogP contribution in [-0.4, -0.2) is 11.2 Å². The molecule has 0 atom stereocenters. The molecule has 0 amide bonds. The van der Waals surface area contributed by atoms with Crippen molar-refractivity contribution >= 4 is 46.2 Å². The highest BCUT2D eigenvalue weighted by atomic mass is 35.5. The van der Waals surface area contributed by atoms with E-state index < -0.39 is 0 Å². The first kappa shape index (κ1) is 14.9. The lowest BCUT2D eigenvalue weighted by atomic mass is 9.96. The Morgan fingerprint density at radius 1 is 1.16 bits per heavy atom. The first-order chi connectivity index (χ1) is 9.06. The fourth-order valence-corrected chi connectivity index (χ4v) is 3.04. The summed E-state index contributed by atoms with van der Waals surface area (Å²) in [6.07, 6.45) is 6.25. The summed E-state index contributed by atoms with van der Waals surface area (Å²) in [7, 11) is 0. The minimum absolute atomic E-state index is 0.480. The van der Waals surface area contributed by atoms with Gasteiger partial charge in [-0.25, -0.2) is 0 Å². The number of thiocarbonyl (C=S) groups is 1. The van der Waals surface area contributed by atoms with Crippen LogP contribution in [-0.2, 0) is 0 Å². The lowest BCUT2D eigenvalue weighted by Gasteiger charge is -2.24. The molecule has 0 unspecified atom stereocenters. The van der Waals surface area contributed by atoms with Crippen LogP contribution in [0.1, 0.15) is 37.7 Å². The second kappa shape index (κ2) is 6.78. The smallest absolute Gasteiger partial charge is 0.171 e. The van der Waals surface area contributed by atoms with E-state index in [9.17, 15) is 0 Å². The molecule has 2 N–H and O–H groups in total. The van der Waals surface area contributed by atoms with E-state index in [2.05, 4.69) is 10.6 Å². The van der Waals surface area contributed by atoms with Gasteiger partial charge in [0, 0.05) is 11.1 Å². The molecule has 1 aliphatic rings. The van der Waals surface area contributed by atoms with E-state index in [1.807, 2.05) is 19.1 Å². The molecule has 2 nitrogen and oxygen atoms in total. The van der Waals surface area contributed by atoms with Gasteiger partial charge in [0.25, 0.3) is 0 Å². The van der Waals surface area contributed by atoms with Crippen molar-refractivity contribution in [2.24, 2.45) is 0 Å². The third-order valence-corrected chi connectivity index (χ3v) is 4.38. The van der Waals surface area contributed by atoms with Crippen LogP contribution in [0.3, 0.4) is 0 Å². The summed E-state index contributed by atoms with van der Waals surface area (Å²) < 4.78 is 0. The Morgan fingerprint density at radius 2 is 1.84 bits per heavy atom. The van der Waals surface area contributed by atoms with Crippen molar-refractivity contribution in [3.63, 3.8) is 0 Å². The maximum atomic E-state index is 6.18. The average molecular weight is 317 g/mol. The molecule has 19 heavy (non-hydrogen) atoms. The number of hydrogen-bond acceptors (Lipinski definition) is 1. The van der Waals surface area contributed by atoms with Gasteiger partial charge >= 0.3 is 0 Å². The predicted molar refractivity (Wildman–Crippen MR) is 87.4 cm³/mol. The molecule has 0 saturated heterocycles. The van der Waals surface area contributed by atoms with Crippen LogP contribution >= 0.6 is 35.4 Å². The molecular weight excluding hydrogens is 299 g/mol. The summed E-state index contributed by atoms with van der Waals surface area (Å²) in [4.78, 5) is 0. The molecule has 0 aliphatic heterocycles. The van der Waals surface area contributed by atoms with Crippen molar-refractivity contribution in [3.8, 4) is 0 Å². The Morgan fingerprint density at radius 3 is 2.53 bits per heavy atom. The molecule has 104 valence electrons. The fourth-order valence-electron chi connectivity index (χ4n) is 2.33. The standard InChI is InChI=1S/C14H18Cl2N2S/c1-9-7-12(16)13(8-11(9)15)18-14(19)17-10-5-3-2-4-6-10/h7-8,10H,2-6H2,1H3,(H2,17,18,19). The molecule has 5 heteroatoms. The molecule has 0 aromatic heterocycles. The number of aryl methyl sites for hydroxylation is 1. The average Bonchev–Trinajstić information content (AvgIpc) is 2.37. The lowest BCUT2D eigenvalue weighted by Crippen LogP contribution is -2.38. The third kappa shape index (κ3) is 4.23. The second-order valence-electron chi connectivity index (χ2n) is 5.01. The van der Waals surface area contributed by atoms with E-state index in [1.165, 1.54) is 32.1 Å². The summed E-state index contributed by atoms with van der Waals surface area (Å²) in [5, 5.41) is 8.42. The first-order valence-corrected chi connectivity index (χ1v) is 7.76. The van der Waals surface area contributed by atoms with E-state index in [0.717, 1.165) is 11.3 Å². The molecular formula is C14H18Cl2N2S. The normalized spacial score (nSPS) is 16.2. The van der Waals surface area contributed by atoms with Gasteiger partial charge in [-0.3, -0.25) is 0 Å². The van der Waals surface area contributed by atoms with E-state index >= 15 is 0 Å². The summed E-state index contributed by atoms with van der Waals surface area (Å²) in [6.45, 7) is 1.93. The van der Waals surface area contributed by atoms with Crippen LogP contribution in [0.5, 0.6) is 0 Å². The molecule has 1 saturated carbocycles. The zero-order chi connectivity index (χ0) is 13.8. The molecule has 1 aromatic rings. The molecule has 0 radical (unpaired) electrons. The topological polar surface area (TPSA) is 24.1 Å². The Balaban J connectivity index is 1.96. The number of benzene rings is 1. The lowest BCUT2D eigenvalue weighted by molar-refractivity contribution is 0.415. The van der Waals surface area contributed by atoms with Gasteiger partial charge in [0.05, 0.1) is 10.7 Å². The van der Waals surface area contributed by atoms with Gasteiger partial charge in [0.1, 0.15) is 0 Å². The van der Waals surface area contributed by atoms with Crippen molar-refractivity contribution in [1.29, 1.82) is 0 Å². The number of anilines is 1. The van der Waals surface area contributed by atoms with Crippen molar-refractivity contribution in [2.75, 3.05) is 5.32 Å². The second-order valence-corrected chi connectivity index (χ2v) is 6.24. The Hall–Kier alpha value is -0.510. The van der Waals surface area contributed by atoms with Gasteiger partial charge in [-0.05, 0) is 49.7 Å². The van der Waals surface area contributed by atoms with E-state index in [0.29, 0.717) is 21.2 Å². The SMILES string of the molecule is Cc1cc(Cl)c(NC(=S)NC2CCCCC2)cc1Cl. The number of halogens is 2. The minimum atomic E-state index is 0.480. The van der Waals surface area contributed by atoms with Gasteiger partial charge in [-0.15, -0.1) is 0 Å². The fraction of sp³-hybridized carbons (Fsp3) is 0.500. The van der Waals surface area contributed by atoms with Crippen LogP contribution < -0.4 is 10.6 Å². The summed E-state index contributed by atoms with van der Waals surface area (Å²) in [5.74, 6) is 0. The monoisotopic (exact) mass is 316 g/mol. The van der Waals surface area contributed by atoms with E-state index in [1.54, 1.807) is 0 Å². The van der Waals surface area contributed by atoms with Gasteiger partial charge in [-0.2, -0.15) is 0 Å². The molecule has 0 bridgehead atoms. The van der Waals surface area contributed by atoms with Crippen LogP contribution in [0.4, 0.5) is 5.69 Å². The number of hydrogen-bond donors (Lipinski definition) is 2. The Kier molecular flexibility index (Phi) is 5.31. The molecule has 1 fully saturated rings. The highest BCUT2D eigenvalue weighted by molar-refractivity contribution is 7.80. The largest absolute Gasteiger partial charge is 0.360 e. The summed E-state index contributed by atoms with van der Waals surface area (Å²) >= 11 is 17.6. The minimum Gasteiger partial charge on any atom is -0.360 e. The van der Waals surface area contributed by atoms with E-state index in [4.69, 9.17) is 35.4 Å². The molecule has 0 spiro atoms. The Labute approximate surface area is 129 Å². The van der Waals surface area contributed by atoms with Crippen LogP contribution in [0.2, 0.25) is 10.0 Å². The molecule has 0 heterocycles. The van der Waals surface area contributed by atoms with Gasteiger partial charge in [0.15, 0.2) is 5.11 Å². The zero-order valence-electron chi connectivity index (χ0n) is 10.9. The van der Waals surface area contributed by atoms with Gasteiger partial charge in [-0.1, -0.05) is 42.5 Å². The maximum Gasteiger partial charge on any atom is 0.171 e. The van der Waals surface area contributed by atoms with Crippen molar-refractivity contribution in [2.45, 2.75) is 45.1 Å². The Bertz CT molecular complexity index is 471. The number of nitrogens with one attached hydrogen (secondary N) is 2. The quantitative estimate of drug-likeness (QED) is 0.757. The van der Waals surface area contributed by atoms with Gasteiger partial charge in [0.2, 0.25) is 0 Å². The van der Waals surface area contributed by atoms with Crippen LogP contribution in [0.25, 0.3) is 0 Å². The predicted octanol–water partition coefficient (Wildman–Crippen LogP) is 4.92. The van der Waals surface area contributed by atoms with Crippen molar-refractivity contribution < 1.29 is 0 Å². The molecule has 2 rings (SSSR count). The number of rotatable bonds is 2. The molecule has 1 aromatic carbocycles. The van der Waals surface area contributed by atoms with Crippen molar-refractivity contribution in [3.05, 3.63) is 27.7 Å². The highest BCUT2D eigenvalue weighted by Gasteiger charge is 2.14. The van der Waals surface area contributed by atoms with Crippen LogP contribution in [0.15, 0.2) is 12.1 Å². The highest BCUT2D eigenvalue weighted by Crippen LogP contribution is 2.28.